The van der Waals surface area contributed by atoms with Gasteiger partial charge in [0.25, 0.3) is 0 Å². The number of quaternary nitrogens is 1. The number of carbonyl (C=O) groups is 2. The monoisotopic (exact) mass is 1050 g/mol. The number of phosphoric ester groups is 1. The van der Waals surface area contributed by atoms with Crippen molar-refractivity contribution in [3.8, 4) is 0 Å². The Hall–Kier alpha value is -3.07. The molecule has 0 saturated heterocycles. The van der Waals surface area contributed by atoms with Crippen LogP contribution in [0.2, 0.25) is 0 Å². The molecule has 0 aliphatic heterocycles. The Labute approximate surface area is 456 Å². The number of phosphoric acid groups is 1. The maximum Gasteiger partial charge on any atom is 0.472 e. The minimum atomic E-state index is -4.45. The van der Waals surface area contributed by atoms with E-state index in [-0.39, 0.29) is 31.5 Å². The van der Waals surface area contributed by atoms with Gasteiger partial charge in [-0.05, 0) is 102 Å². The second kappa shape index (κ2) is 53.3. The van der Waals surface area contributed by atoms with E-state index in [0.717, 1.165) is 148 Å². The van der Waals surface area contributed by atoms with Crippen LogP contribution >= 0.6 is 7.82 Å². The molecule has 0 aliphatic rings. The molecule has 0 radical (unpaired) electrons. The zero-order chi connectivity index (χ0) is 54.3. The number of unbranched alkanes of at least 4 members (excludes halogenated alkanes) is 23. The van der Waals surface area contributed by atoms with E-state index >= 15 is 0 Å². The van der Waals surface area contributed by atoms with Crippen LogP contribution in [0.5, 0.6) is 0 Å². The van der Waals surface area contributed by atoms with Crippen molar-refractivity contribution in [3.05, 3.63) is 97.2 Å². The van der Waals surface area contributed by atoms with Crippen LogP contribution in [0.1, 0.15) is 245 Å². The minimum absolute atomic E-state index is 0.0314. The third kappa shape index (κ3) is 53.7. The van der Waals surface area contributed by atoms with Crippen LogP contribution in [0.3, 0.4) is 0 Å². The number of likely N-dealkylation sites (N-methyl/N-ethyl adjacent to an activating group) is 1. The maximum absolute atomic E-state index is 13.5. The van der Waals surface area contributed by atoms with Crippen molar-refractivity contribution in [1.82, 2.24) is 5.32 Å². The highest BCUT2D eigenvalue weighted by Gasteiger charge is 2.30. The van der Waals surface area contributed by atoms with Crippen LogP contribution in [0.4, 0.5) is 0 Å². The lowest BCUT2D eigenvalue weighted by Crippen LogP contribution is -2.47. The van der Waals surface area contributed by atoms with E-state index in [1.165, 1.54) is 64.2 Å². The molecule has 2 N–H and O–H groups in total. The minimum Gasteiger partial charge on any atom is -0.456 e. The Balaban J connectivity index is 5.20. The number of hydrogen-bond donors (Lipinski definition) is 2. The molecule has 426 valence electrons. The third-order valence-electron chi connectivity index (χ3n) is 12.8. The molecule has 3 unspecified atom stereocenters. The Kier molecular flexibility index (Phi) is 51.1. The molecule has 0 rings (SSSR count). The number of amides is 1. The van der Waals surface area contributed by atoms with Gasteiger partial charge in [-0.1, -0.05) is 227 Å². The van der Waals surface area contributed by atoms with Gasteiger partial charge < -0.3 is 19.4 Å². The zero-order valence-corrected chi connectivity index (χ0v) is 49.4. The normalized spacial score (nSPS) is 14.4. The lowest BCUT2D eigenvalue weighted by atomic mass is 10.0. The fourth-order valence-electron chi connectivity index (χ4n) is 8.10. The van der Waals surface area contributed by atoms with Gasteiger partial charge in [0.2, 0.25) is 5.91 Å². The van der Waals surface area contributed by atoms with Crippen molar-refractivity contribution in [2.45, 2.75) is 258 Å². The molecule has 74 heavy (non-hydrogen) atoms. The van der Waals surface area contributed by atoms with E-state index in [9.17, 15) is 19.0 Å². The van der Waals surface area contributed by atoms with Crippen LogP contribution in [0, 0.1) is 0 Å². The molecule has 0 aromatic carbocycles. The quantitative estimate of drug-likeness (QED) is 0.0205. The molecule has 0 spiro atoms. The molecule has 0 aromatic rings. The van der Waals surface area contributed by atoms with Gasteiger partial charge in [-0.3, -0.25) is 18.6 Å². The molecule has 3 atom stereocenters. The van der Waals surface area contributed by atoms with E-state index < -0.39 is 20.0 Å². The summed E-state index contributed by atoms with van der Waals surface area (Å²) >= 11 is 0. The summed E-state index contributed by atoms with van der Waals surface area (Å²) in [5.74, 6) is -0.539. The van der Waals surface area contributed by atoms with Gasteiger partial charge in [-0.15, -0.1) is 0 Å². The van der Waals surface area contributed by atoms with Gasteiger partial charge in [0.1, 0.15) is 19.3 Å². The lowest BCUT2D eigenvalue weighted by Gasteiger charge is -2.27. The maximum atomic E-state index is 13.5. The Bertz CT molecular complexity index is 1590. The number of allylic oxidation sites excluding steroid dienone is 15. The fraction of sp³-hybridized carbons (Fsp3) is 0.719. The lowest BCUT2D eigenvalue weighted by molar-refractivity contribution is -0.870. The first-order chi connectivity index (χ1) is 35.9. The summed E-state index contributed by atoms with van der Waals surface area (Å²) < 4.78 is 30.6. The summed E-state index contributed by atoms with van der Waals surface area (Å²) in [6, 6.07) is -0.864. The summed E-state index contributed by atoms with van der Waals surface area (Å²) in [5.41, 5.74) is 0. The molecule has 0 fully saturated rings. The van der Waals surface area contributed by atoms with Crippen molar-refractivity contribution in [2.75, 3.05) is 40.9 Å². The molecule has 0 aromatic heterocycles. The first kappa shape index (κ1) is 70.9. The molecular weight excluding hydrogens is 940 g/mol. The number of ether oxygens (including phenoxy) is 1. The molecule has 0 heterocycles. The van der Waals surface area contributed by atoms with Crippen molar-refractivity contribution < 1.29 is 37.3 Å². The number of carbonyl (C=O) groups excluding carboxylic acids is 2. The summed E-state index contributed by atoms with van der Waals surface area (Å²) in [5, 5.41) is 3.04. The number of nitrogens with zero attached hydrogens (tertiary/aromatic N) is 1. The topological polar surface area (TPSA) is 111 Å². The summed E-state index contributed by atoms with van der Waals surface area (Å²) in [7, 11) is 1.47. The summed E-state index contributed by atoms with van der Waals surface area (Å²) in [6.45, 7) is 6.83. The highest BCUT2D eigenvalue weighted by molar-refractivity contribution is 7.47. The predicted octanol–water partition coefficient (Wildman–Crippen LogP) is 18.4. The van der Waals surface area contributed by atoms with Gasteiger partial charge in [-0.2, -0.15) is 0 Å². The largest absolute Gasteiger partial charge is 0.472 e. The standard InChI is InChI=1S/C64H113N2O7P/c1-7-10-13-16-19-22-25-27-28-29-30-31-32-33-34-35-36-37-38-39-42-44-47-50-53-56-63(67)65-61(60-72-74(69,70)71-59-58-66(4,5)6)62(55-52-49-46-43-41-26-23-20-17-14-11-8-2)73-64(68)57-54-51-48-45-40-24-21-18-15-12-9-3/h10,13,18-19,21-22,27-28,30-31,33-34,36-37,52,55,61-62H,7-9,11-12,14-17,20,23-26,29,32,35,38-51,53-54,56-60H2,1-6H3,(H-,65,67,69,70)/p+1/b13-10-,21-18-,22-19-,28-27-,31-30-,34-33-,37-36-,55-52-. The summed E-state index contributed by atoms with van der Waals surface area (Å²) in [6.07, 6.45) is 71.2. The highest BCUT2D eigenvalue weighted by atomic mass is 31.2. The molecule has 0 saturated carbocycles. The number of nitrogens with one attached hydrogen (secondary N) is 1. The molecule has 0 aliphatic carbocycles. The van der Waals surface area contributed by atoms with Gasteiger partial charge in [0.15, 0.2) is 0 Å². The van der Waals surface area contributed by atoms with E-state index in [2.05, 4.69) is 111 Å². The zero-order valence-electron chi connectivity index (χ0n) is 48.6. The smallest absolute Gasteiger partial charge is 0.456 e. The number of hydrogen-bond acceptors (Lipinski definition) is 6. The van der Waals surface area contributed by atoms with Crippen molar-refractivity contribution in [1.29, 1.82) is 0 Å². The van der Waals surface area contributed by atoms with Crippen LogP contribution in [0.25, 0.3) is 0 Å². The summed E-state index contributed by atoms with van der Waals surface area (Å²) in [4.78, 5) is 37.6. The van der Waals surface area contributed by atoms with Crippen LogP contribution in [0.15, 0.2) is 97.2 Å². The average Bonchev–Trinajstić information content (AvgIpc) is 3.36. The van der Waals surface area contributed by atoms with Gasteiger partial charge >= 0.3 is 13.8 Å². The average molecular weight is 1050 g/mol. The van der Waals surface area contributed by atoms with Crippen molar-refractivity contribution >= 4 is 19.7 Å². The molecular formula is C64H114N2O7P+. The van der Waals surface area contributed by atoms with Gasteiger partial charge in [-0.25, -0.2) is 4.57 Å². The van der Waals surface area contributed by atoms with E-state index in [4.69, 9.17) is 13.8 Å². The number of rotatable bonds is 53. The van der Waals surface area contributed by atoms with Gasteiger partial charge in [0, 0.05) is 12.8 Å². The number of esters is 1. The Morgan fingerprint density at radius 3 is 1.35 bits per heavy atom. The van der Waals surface area contributed by atoms with Crippen molar-refractivity contribution in [3.63, 3.8) is 0 Å². The third-order valence-corrected chi connectivity index (χ3v) is 13.7. The highest BCUT2D eigenvalue weighted by Crippen LogP contribution is 2.43. The van der Waals surface area contributed by atoms with Crippen LogP contribution in [-0.4, -0.2) is 74.3 Å². The first-order valence-electron chi connectivity index (χ1n) is 30.1. The predicted molar refractivity (Wildman–Crippen MR) is 318 cm³/mol. The van der Waals surface area contributed by atoms with E-state index in [1.54, 1.807) is 0 Å². The Morgan fingerprint density at radius 2 is 0.878 bits per heavy atom. The first-order valence-corrected chi connectivity index (χ1v) is 31.6. The SMILES string of the molecule is CC/C=C\C/C=C\C/C=C\C/C=C\C/C=C\C/C=C\CCCCCCCCC(=O)NC(COP(=O)(O)OCC[N+](C)(C)C)C(/C=C\CCCCCCCCCCCC)OC(=O)CCCCCCC/C=C\CCCC. The molecule has 1 amide bonds. The fourth-order valence-corrected chi connectivity index (χ4v) is 8.84. The molecule has 0 bridgehead atoms. The van der Waals surface area contributed by atoms with E-state index in [0.29, 0.717) is 17.4 Å². The van der Waals surface area contributed by atoms with Crippen LogP contribution < -0.4 is 5.32 Å². The van der Waals surface area contributed by atoms with E-state index in [1.807, 2.05) is 33.3 Å². The second-order valence-corrected chi connectivity index (χ2v) is 22.6. The Morgan fingerprint density at radius 1 is 0.486 bits per heavy atom. The van der Waals surface area contributed by atoms with Crippen molar-refractivity contribution in [2.24, 2.45) is 0 Å². The van der Waals surface area contributed by atoms with Crippen LogP contribution in [-0.2, 0) is 27.9 Å². The van der Waals surface area contributed by atoms with Gasteiger partial charge in [0.05, 0.1) is 33.8 Å². The molecule has 10 heteroatoms. The molecule has 9 nitrogen and oxygen atoms in total. The second-order valence-electron chi connectivity index (χ2n) is 21.1.